The van der Waals surface area contributed by atoms with E-state index in [4.69, 9.17) is 91.4 Å². The molecule has 12 atom stereocenters. The predicted molar refractivity (Wildman–Crippen MR) is 164 cm³/mol. The molecule has 12 unspecified atom stereocenters. The Morgan fingerprint density at radius 1 is 0.745 bits per heavy atom. The third kappa shape index (κ3) is 24.7. The van der Waals surface area contributed by atoms with Gasteiger partial charge in [-0.1, -0.05) is 0 Å². The molecule has 3 fully saturated rings. The van der Waals surface area contributed by atoms with Crippen molar-refractivity contribution in [2.45, 2.75) is 134 Å². The first-order valence-electron chi connectivity index (χ1n) is 15.4. The van der Waals surface area contributed by atoms with Crippen LogP contribution in [0, 0.1) is 0 Å². The van der Waals surface area contributed by atoms with Crippen LogP contribution in [0.4, 0.5) is 0 Å². The van der Waals surface area contributed by atoms with Crippen molar-refractivity contribution < 1.29 is 83.8 Å². The molecule has 0 spiro atoms. The first kappa shape index (κ1) is 52.2. The summed E-state index contributed by atoms with van der Waals surface area (Å²) in [5, 5.41) is 79.4. The summed E-state index contributed by atoms with van der Waals surface area (Å²) in [6.45, 7) is 6.69. The Bertz CT molecular complexity index is 950. The fourth-order valence-corrected chi connectivity index (χ4v) is 4.69. The molecule has 0 radical (unpaired) electrons. The van der Waals surface area contributed by atoms with Gasteiger partial charge in [-0.05, 0) is 67.9 Å². The number of carboxylic acids is 5. The van der Waals surface area contributed by atoms with Gasteiger partial charge in [-0.2, -0.15) is 0 Å². The number of carboxylic acid groups (broad SMARTS) is 5. The van der Waals surface area contributed by atoms with Gasteiger partial charge in [0, 0.05) is 48.5 Å². The quantitative estimate of drug-likeness (QED) is 0.125. The number of carbonyl (C=O) groups excluding carboxylic acids is 5. The van der Waals surface area contributed by atoms with E-state index >= 15 is 0 Å². The van der Waals surface area contributed by atoms with E-state index in [9.17, 15) is 15.3 Å². The van der Waals surface area contributed by atoms with Crippen LogP contribution in [-0.4, -0.2) is 138 Å². The summed E-state index contributed by atoms with van der Waals surface area (Å²) < 4.78 is 23.3. The van der Waals surface area contributed by atoms with Crippen molar-refractivity contribution in [2.75, 3.05) is 20.2 Å². The van der Waals surface area contributed by atoms with Gasteiger partial charge >= 0.3 is 0 Å². The molecule has 22 heteroatoms. The maximum atomic E-state index is 11.0. The smallest absolute Gasteiger partial charge is 0.185 e. The lowest BCUT2D eigenvalue weighted by atomic mass is 9.84. The molecule has 302 valence electrons. The molecule has 0 amide bonds. The lowest BCUT2D eigenvalue weighted by Gasteiger charge is -2.48. The van der Waals surface area contributed by atoms with E-state index in [1.54, 1.807) is 14.0 Å². The van der Waals surface area contributed by atoms with Gasteiger partial charge in [-0.25, -0.2) is 0 Å². The molecule has 0 aromatic heterocycles. The highest BCUT2D eigenvalue weighted by molar-refractivity contribution is 5.61. The fourth-order valence-electron chi connectivity index (χ4n) is 4.69. The highest BCUT2D eigenvalue weighted by atomic mass is 16.7. The van der Waals surface area contributed by atoms with Gasteiger partial charge < -0.3 is 112 Å². The molecule has 0 aromatic rings. The third-order valence-corrected chi connectivity index (χ3v) is 6.55. The molecule has 2 heterocycles. The number of carbonyl (C=O) groups is 5. The van der Waals surface area contributed by atoms with Gasteiger partial charge in [0.1, 0.15) is 30.0 Å². The van der Waals surface area contributed by atoms with E-state index < -0.39 is 90.6 Å². The van der Waals surface area contributed by atoms with Crippen LogP contribution in [0.2, 0.25) is 0 Å². The number of likely N-dealkylation sites (N-methyl/N-ethyl adjacent to an activating group) is 1. The molecular weight excluding hydrogens is 690 g/mol. The van der Waals surface area contributed by atoms with Gasteiger partial charge in [0.25, 0.3) is 0 Å². The normalized spacial score (nSPS) is 33.8. The molecule has 1 saturated carbocycles. The Labute approximate surface area is 295 Å². The van der Waals surface area contributed by atoms with E-state index in [-0.39, 0.29) is 18.8 Å². The molecule has 1 aliphatic carbocycles. The van der Waals surface area contributed by atoms with Crippen molar-refractivity contribution >= 4 is 29.8 Å². The van der Waals surface area contributed by atoms with Crippen LogP contribution in [0.25, 0.3) is 0 Å². The van der Waals surface area contributed by atoms with Crippen molar-refractivity contribution in [2.24, 2.45) is 22.9 Å². The van der Waals surface area contributed by atoms with Crippen LogP contribution >= 0.6 is 0 Å². The standard InChI is InChI=1S/C19H39N5O7.5C2H4O2/c1-19(27)7-28-18(13(26)16(19)24-2)31-15-11(23)5-10(22)14(12(15)25)30-17-9(21)4-3-8(6-20)29-17;5*1-2(3)4/h8-18,24-27H,3-7,20-23H2,1-2H3;5*1H3,(H,3,4)/p-5. The molecule has 12 N–H and O–H groups in total. The average molecular weight is 745 g/mol. The van der Waals surface area contributed by atoms with Crippen molar-refractivity contribution in [3.63, 3.8) is 0 Å². The SMILES string of the molecule is CC(=O)[O-].CC(=O)[O-].CC(=O)[O-].CC(=O)[O-].CC(=O)[O-].CNC1C(O)C(OC2C(N)CC(N)C(OC3OC(CN)CCC3N)C2O)OCC1(C)O. The second kappa shape index (κ2) is 26.6. The first-order chi connectivity index (χ1) is 23.2. The minimum Gasteiger partial charge on any atom is -0.550 e. The maximum absolute atomic E-state index is 11.0. The molecule has 2 aliphatic heterocycles. The van der Waals surface area contributed by atoms with Crippen molar-refractivity contribution in [1.29, 1.82) is 0 Å². The lowest BCUT2D eigenvalue weighted by Crippen LogP contribution is -2.68. The summed E-state index contributed by atoms with van der Waals surface area (Å²) in [6.07, 6.45) is -4.48. The van der Waals surface area contributed by atoms with E-state index in [0.29, 0.717) is 19.4 Å². The Morgan fingerprint density at radius 3 is 1.47 bits per heavy atom. The second-order valence-corrected chi connectivity index (χ2v) is 11.6. The van der Waals surface area contributed by atoms with Crippen LogP contribution in [0.1, 0.15) is 60.8 Å². The largest absolute Gasteiger partial charge is 0.550 e. The van der Waals surface area contributed by atoms with E-state index in [0.717, 1.165) is 41.0 Å². The lowest BCUT2D eigenvalue weighted by molar-refractivity contribution is -0.306. The first-order valence-corrected chi connectivity index (χ1v) is 15.4. The number of aliphatic hydroxyl groups is 3. The van der Waals surface area contributed by atoms with E-state index in [2.05, 4.69) is 5.32 Å². The molecule has 3 aliphatic rings. The summed E-state index contributed by atoms with van der Waals surface area (Å²) in [7, 11) is 1.62. The predicted octanol–water partition coefficient (Wildman–Crippen LogP) is -10.2. The van der Waals surface area contributed by atoms with E-state index in [1.807, 2.05) is 0 Å². The summed E-state index contributed by atoms with van der Waals surface area (Å²) in [6, 6.07) is -2.26. The Hall–Kier alpha value is -3.13. The Morgan fingerprint density at radius 2 is 1.12 bits per heavy atom. The highest BCUT2D eigenvalue weighted by Crippen LogP contribution is 2.31. The fraction of sp³-hybridized carbons (Fsp3) is 0.828. The molecule has 0 bridgehead atoms. The number of aliphatic hydroxyl groups excluding tert-OH is 2. The minimum atomic E-state index is -1.29. The molecule has 2 saturated heterocycles. The van der Waals surface area contributed by atoms with Crippen LogP contribution in [0.3, 0.4) is 0 Å². The highest BCUT2D eigenvalue weighted by Gasteiger charge is 2.50. The van der Waals surface area contributed by atoms with Crippen LogP contribution in [0.15, 0.2) is 0 Å². The second-order valence-electron chi connectivity index (χ2n) is 11.6. The number of rotatable bonds is 6. The number of ether oxygens (including phenoxy) is 4. The summed E-state index contributed by atoms with van der Waals surface area (Å²) >= 11 is 0. The van der Waals surface area contributed by atoms with Gasteiger partial charge in [0.15, 0.2) is 12.6 Å². The summed E-state index contributed by atoms with van der Waals surface area (Å²) in [4.78, 5) is 44.4. The molecule has 22 nitrogen and oxygen atoms in total. The van der Waals surface area contributed by atoms with Crippen molar-refractivity contribution in [1.82, 2.24) is 5.32 Å². The molecule has 0 aromatic carbocycles. The maximum Gasteiger partial charge on any atom is 0.185 e. The summed E-state index contributed by atoms with van der Waals surface area (Å²) in [5.41, 5.74) is 23.0. The van der Waals surface area contributed by atoms with Crippen LogP contribution < -0.4 is 53.8 Å². The van der Waals surface area contributed by atoms with Gasteiger partial charge in [-0.15, -0.1) is 0 Å². The number of aliphatic carboxylic acids is 5. The third-order valence-electron chi connectivity index (χ3n) is 6.55. The van der Waals surface area contributed by atoms with Gasteiger partial charge in [-0.3, -0.25) is 0 Å². The van der Waals surface area contributed by atoms with Gasteiger partial charge in [0.2, 0.25) is 0 Å². The number of nitrogens with one attached hydrogen (secondary N) is 1. The van der Waals surface area contributed by atoms with E-state index in [1.165, 1.54) is 0 Å². The molecule has 51 heavy (non-hydrogen) atoms. The van der Waals surface area contributed by atoms with Gasteiger partial charge in [0.05, 0.1) is 24.8 Å². The monoisotopic (exact) mass is 744 g/mol. The zero-order valence-corrected chi connectivity index (χ0v) is 29.8. The number of hydrogen-bond acceptors (Lipinski definition) is 22. The number of hydrogen-bond donors (Lipinski definition) is 8. The van der Waals surface area contributed by atoms with Crippen molar-refractivity contribution in [3.05, 3.63) is 0 Å². The van der Waals surface area contributed by atoms with Crippen molar-refractivity contribution in [3.8, 4) is 0 Å². The van der Waals surface area contributed by atoms with Crippen LogP contribution in [-0.2, 0) is 42.9 Å². The van der Waals surface area contributed by atoms with Crippen LogP contribution in [0.5, 0.6) is 0 Å². The average Bonchev–Trinajstić information content (AvgIpc) is 2.94. The minimum absolute atomic E-state index is 0.0665. The number of nitrogens with two attached hydrogens (primary N) is 4. The molecule has 3 rings (SSSR count). The topological polar surface area (TPSA) is 414 Å². The zero-order valence-electron chi connectivity index (χ0n) is 29.8. The zero-order chi connectivity index (χ0) is 40.8. The Kier molecular flexibility index (Phi) is 27.3. The summed E-state index contributed by atoms with van der Waals surface area (Å²) in [5.74, 6) is -5.42. The molecular formula is C29H54N5O17-5. The Balaban J connectivity index is -0.000000945.